The molecule has 158 valence electrons. The lowest BCUT2D eigenvalue weighted by atomic mass is 10.0. The van der Waals surface area contributed by atoms with E-state index in [4.69, 9.17) is 0 Å². The van der Waals surface area contributed by atoms with E-state index < -0.39 is 70.7 Å². The van der Waals surface area contributed by atoms with Crippen LogP contribution in [0.25, 0.3) is 0 Å². The zero-order chi connectivity index (χ0) is 22.3. The van der Waals surface area contributed by atoms with Crippen molar-refractivity contribution in [3.63, 3.8) is 0 Å². The van der Waals surface area contributed by atoms with Crippen molar-refractivity contribution in [2.75, 3.05) is 0 Å². The van der Waals surface area contributed by atoms with Gasteiger partial charge in [-0.1, -0.05) is 0 Å². The van der Waals surface area contributed by atoms with Crippen molar-refractivity contribution in [2.45, 2.75) is 31.2 Å². The molecule has 1 rings (SSSR count). The van der Waals surface area contributed by atoms with Crippen molar-refractivity contribution in [2.24, 2.45) is 0 Å². The summed E-state index contributed by atoms with van der Waals surface area (Å²) < 4.78 is 151. The highest BCUT2D eigenvalue weighted by atomic mass is 19.4. The first-order valence-corrected chi connectivity index (χ1v) is 6.53. The van der Waals surface area contributed by atoms with Crippen LogP contribution in [-0.2, 0) is 28.5 Å². The Labute approximate surface area is 146 Å². The Morgan fingerprint density at radius 1 is 0.643 bits per heavy atom. The summed E-state index contributed by atoms with van der Waals surface area (Å²) in [5, 5.41) is 0. The smallest absolute Gasteiger partial charge is 0.264 e. The third-order valence-corrected chi connectivity index (χ3v) is 2.96. The van der Waals surface area contributed by atoms with Crippen LogP contribution < -0.4 is 0 Å². The lowest BCUT2D eigenvalue weighted by molar-refractivity contribution is -0.204. The second-order valence-corrected chi connectivity index (χ2v) is 5.11. The number of hydrogen-bond donors (Lipinski definition) is 0. The molecule has 28 heavy (non-hydrogen) atoms. The molecule has 0 saturated carbocycles. The molecule has 0 spiro atoms. The van der Waals surface area contributed by atoms with E-state index >= 15 is 0 Å². The summed E-state index contributed by atoms with van der Waals surface area (Å²) in [6, 6.07) is -0.865. The van der Waals surface area contributed by atoms with E-state index in [9.17, 15) is 62.3 Å². The Morgan fingerprint density at radius 3 is 1.21 bits per heavy atom. The van der Waals surface area contributed by atoms with Gasteiger partial charge in [-0.3, -0.25) is 14.5 Å². The number of rotatable bonds is 2. The molecule has 0 N–H and O–H groups in total. The summed E-state index contributed by atoms with van der Waals surface area (Å²) in [5.41, 5.74) is -5.55. The van der Waals surface area contributed by atoms with E-state index in [1.165, 1.54) is 0 Å². The summed E-state index contributed by atoms with van der Waals surface area (Å²) >= 11 is 0. The number of halogens is 12. The van der Waals surface area contributed by atoms with Gasteiger partial charge < -0.3 is 0 Å². The molecule has 15 heteroatoms. The Hall–Kier alpha value is -2.48. The fourth-order valence-electron chi connectivity index (χ4n) is 1.84. The first-order valence-electron chi connectivity index (χ1n) is 6.53. The van der Waals surface area contributed by atoms with Crippen LogP contribution >= 0.6 is 0 Å². The Kier molecular flexibility index (Phi) is 6.03. The topological polar surface area (TPSA) is 37.4 Å². The Balaban J connectivity index is 3.54. The molecule has 0 saturated heterocycles. The van der Waals surface area contributed by atoms with Crippen LogP contribution in [0.2, 0.25) is 0 Å². The van der Waals surface area contributed by atoms with E-state index in [-0.39, 0.29) is 12.1 Å². The van der Waals surface area contributed by atoms with Gasteiger partial charge in [0.1, 0.15) is 0 Å². The first kappa shape index (κ1) is 23.6. The first-order chi connectivity index (χ1) is 12.2. The summed E-state index contributed by atoms with van der Waals surface area (Å²) in [6.07, 6.45) is -23.0. The molecule has 0 atom stereocenters. The highest BCUT2D eigenvalue weighted by molar-refractivity contribution is 6.00. The molecule has 1 aromatic rings. The largest absolute Gasteiger partial charge is 0.471 e. The quantitative estimate of drug-likeness (QED) is 0.632. The number of amides is 2. The van der Waals surface area contributed by atoms with E-state index in [0.29, 0.717) is 0 Å². The summed E-state index contributed by atoms with van der Waals surface area (Å²) in [4.78, 5) is 20.6. The summed E-state index contributed by atoms with van der Waals surface area (Å²) in [5.74, 6) is -6.83. The average Bonchev–Trinajstić information content (AvgIpc) is 2.47. The van der Waals surface area contributed by atoms with Gasteiger partial charge in [0.05, 0.1) is 17.7 Å². The molecule has 0 aromatic heterocycles. The molecule has 3 nitrogen and oxygen atoms in total. The minimum absolute atomic E-state index is 0.213. The number of imide groups is 1. The van der Waals surface area contributed by atoms with Gasteiger partial charge in [-0.2, -0.15) is 52.7 Å². The minimum Gasteiger partial charge on any atom is -0.264 e. The van der Waals surface area contributed by atoms with Gasteiger partial charge in [0.2, 0.25) is 0 Å². The van der Waals surface area contributed by atoms with Gasteiger partial charge in [-0.15, -0.1) is 0 Å². The molecule has 1 aromatic carbocycles. The van der Waals surface area contributed by atoms with E-state index in [2.05, 4.69) is 0 Å². The second-order valence-electron chi connectivity index (χ2n) is 5.11. The SMILES string of the molecule is O=C(N(Cc1cc(C(F)(F)F)cc(C(F)(F)F)c1)C(=O)C(F)(F)F)C(F)(F)F. The third-order valence-electron chi connectivity index (χ3n) is 2.96. The third kappa shape index (κ3) is 5.76. The minimum atomic E-state index is -6.06. The summed E-state index contributed by atoms with van der Waals surface area (Å²) in [7, 11) is 0. The van der Waals surface area contributed by atoms with Crippen LogP contribution in [-0.4, -0.2) is 29.1 Å². The van der Waals surface area contributed by atoms with Crippen LogP contribution in [0, 0.1) is 0 Å². The Bertz CT molecular complexity index is 698. The van der Waals surface area contributed by atoms with Gasteiger partial charge in [-0.05, 0) is 23.8 Å². The zero-order valence-corrected chi connectivity index (χ0v) is 12.7. The van der Waals surface area contributed by atoms with Gasteiger partial charge in [0.25, 0.3) is 0 Å². The maximum absolute atomic E-state index is 12.7. The monoisotopic (exact) mass is 435 g/mol. The fourth-order valence-corrected chi connectivity index (χ4v) is 1.84. The molecule has 0 radical (unpaired) electrons. The summed E-state index contributed by atoms with van der Waals surface area (Å²) in [6.45, 7) is -2.14. The molecule has 0 heterocycles. The molecule has 2 amide bonds. The van der Waals surface area contributed by atoms with Crippen molar-refractivity contribution in [1.82, 2.24) is 4.90 Å². The molecule has 0 aliphatic rings. The molecular weight excluding hydrogens is 430 g/mol. The normalized spacial score (nSPS) is 13.4. The number of carbonyl (C=O) groups excluding carboxylic acids is 2. The van der Waals surface area contributed by atoms with Crippen LogP contribution in [0.1, 0.15) is 16.7 Å². The second kappa shape index (κ2) is 7.16. The highest BCUT2D eigenvalue weighted by Gasteiger charge is 2.52. The number of carbonyl (C=O) groups is 2. The average molecular weight is 435 g/mol. The van der Waals surface area contributed by atoms with Crippen LogP contribution in [0.3, 0.4) is 0 Å². The van der Waals surface area contributed by atoms with Gasteiger partial charge >= 0.3 is 36.5 Å². The van der Waals surface area contributed by atoms with Crippen molar-refractivity contribution >= 4 is 11.8 Å². The maximum Gasteiger partial charge on any atom is 0.471 e. The van der Waals surface area contributed by atoms with Crippen LogP contribution in [0.15, 0.2) is 18.2 Å². The van der Waals surface area contributed by atoms with Crippen molar-refractivity contribution in [3.8, 4) is 0 Å². The maximum atomic E-state index is 12.7. The fraction of sp³-hybridized carbons (Fsp3) is 0.385. The van der Waals surface area contributed by atoms with E-state index in [1.807, 2.05) is 0 Å². The number of benzene rings is 1. The molecule has 0 fully saturated rings. The molecule has 0 aliphatic heterocycles. The zero-order valence-electron chi connectivity index (χ0n) is 12.7. The predicted molar refractivity (Wildman–Crippen MR) is 64.1 cm³/mol. The lowest BCUT2D eigenvalue weighted by Gasteiger charge is -2.24. The number of hydrogen-bond acceptors (Lipinski definition) is 2. The number of alkyl halides is 12. The molecule has 0 aliphatic carbocycles. The molecular formula is C13H5F12NO2. The van der Waals surface area contributed by atoms with E-state index in [0.717, 1.165) is 0 Å². The Morgan fingerprint density at radius 2 is 0.964 bits per heavy atom. The predicted octanol–water partition coefficient (Wildman–Crippen LogP) is 4.70. The number of nitrogens with zero attached hydrogens (tertiary/aromatic N) is 1. The van der Waals surface area contributed by atoms with Crippen molar-refractivity contribution in [3.05, 3.63) is 34.9 Å². The molecule has 0 bridgehead atoms. The van der Waals surface area contributed by atoms with Crippen molar-refractivity contribution < 1.29 is 62.3 Å². The highest BCUT2D eigenvalue weighted by Crippen LogP contribution is 2.37. The lowest BCUT2D eigenvalue weighted by Crippen LogP contribution is -2.49. The van der Waals surface area contributed by atoms with Gasteiger partial charge in [0.15, 0.2) is 0 Å². The van der Waals surface area contributed by atoms with Gasteiger partial charge in [0, 0.05) is 0 Å². The molecule has 0 unspecified atom stereocenters. The van der Waals surface area contributed by atoms with Crippen LogP contribution in [0.5, 0.6) is 0 Å². The standard InChI is InChI=1S/C13H5F12NO2/c14-10(15,16)6-1-5(2-7(3-6)11(17,18)19)4-26(8(27)12(20,21)22)9(28)13(23,24)25/h1-3H,4H2. The van der Waals surface area contributed by atoms with E-state index in [1.54, 1.807) is 0 Å². The van der Waals surface area contributed by atoms with Crippen LogP contribution in [0.4, 0.5) is 52.7 Å². The van der Waals surface area contributed by atoms with Crippen molar-refractivity contribution in [1.29, 1.82) is 0 Å². The van der Waals surface area contributed by atoms with Gasteiger partial charge in [-0.25, -0.2) is 0 Å².